The quantitative estimate of drug-likeness (QED) is 0.0930. The van der Waals surface area contributed by atoms with E-state index in [1.807, 2.05) is 6.92 Å². The Bertz CT molecular complexity index is 1690. The smallest absolute Gasteiger partial charge is 0.306 e. The SMILES string of the molecule is [2H]C([2H])(CCCCCCCC)C([2H])([2H])CCCCCC(=O)OC1CCCn2c1nc(C)c(CCN1CCC(c3noc4cc(F)ccc34)CC1)c2=O. The number of hydrogen-bond acceptors (Lipinski definition) is 7. The average Bonchev–Trinajstić information content (AvgIpc) is 3.53. The number of carbonyl (C=O) groups is 1. The number of hydrogen-bond donors (Lipinski definition) is 0. The number of halogens is 1. The molecule has 1 aromatic carbocycles. The fourth-order valence-corrected chi connectivity index (χ4v) is 7.12. The van der Waals surface area contributed by atoms with Crippen LogP contribution in [0.1, 0.15) is 163 Å². The van der Waals surface area contributed by atoms with Crippen molar-refractivity contribution in [2.24, 2.45) is 0 Å². The molecule has 9 heteroatoms. The summed E-state index contributed by atoms with van der Waals surface area (Å²) in [6.07, 6.45) is 7.73. The van der Waals surface area contributed by atoms with Crippen LogP contribution in [-0.2, 0) is 22.5 Å². The van der Waals surface area contributed by atoms with Crippen LogP contribution in [0.4, 0.5) is 4.39 Å². The molecule has 1 saturated heterocycles. The van der Waals surface area contributed by atoms with E-state index in [0.29, 0.717) is 74.2 Å². The largest absolute Gasteiger partial charge is 0.454 e. The van der Waals surface area contributed by atoms with Gasteiger partial charge in [-0.25, -0.2) is 9.37 Å². The third-order valence-corrected chi connectivity index (χ3v) is 9.99. The van der Waals surface area contributed by atoms with Crippen molar-refractivity contribution < 1.29 is 23.9 Å². The molecule has 1 unspecified atom stereocenters. The van der Waals surface area contributed by atoms with Crippen molar-refractivity contribution >= 4 is 16.9 Å². The second-order valence-corrected chi connectivity index (χ2v) is 13.6. The summed E-state index contributed by atoms with van der Waals surface area (Å²) in [5.41, 5.74) is 2.65. The number of piperidine rings is 1. The van der Waals surface area contributed by atoms with Gasteiger partial charge in [-0.1, -0.05) is 89.0 Å². The minimum atomic E-state index is -1.91. The fourth-order valence-electron chi connectivity index (χ4n) is 7.12. The normalized spacial score (nSPS) is 19.0. The number of likely N-dealkylation sites (tertiary alicyclic amines) is 1. The molecule has 0 aliphatic carbocycles. The number of carbonyl (C=O) groups excluding carboxylic acids is 1. The number of aryl methyl sites for hydroxylation is 1. The van der Waals surface area contributed by atoms with Gasteiger partial charge >= 0.3 is 5.97 Å². The lowest BCUT2D eigenvalue weighted by Gasteiger charge is -2.31. The molecule has 2 aliphatic rings. The van der Waals surface area contributed by atoms with Crippen molar-refractivity contribution in [2.75, 3.05) is 19.6 Å². The molecule has 3 aromatic rings. The average molecular weight is 669 g/mol. The van der Waals surface area contributed by atoms with Crippen LogP contribution in [0.2, 0.25) is 0 Å². The van der Waals surface area contributed by atoms with Crippen LogP contribution < -0.4 is 5.56 Å². The molecule has 1 atom stereocenters. The zero-order valence-corrected chi connectivity index (χ0v) is 29.0. The molecule has 5 rings (SSSR count). The maximum absolute atomic E-state index is 13.7. The summed E-state index contributed by atoms with van der Waals surface area (Å²) in [6, 6.07) is 4.55. The lowest BCUT2D eigenvalue weighted by Crippen LogP contribution is -2.38. The van der Waals surface area contributed by atoms with Crippen molar-refractivity contribution in [1.82, 2.24) is 19.6 Å². The van der Waals surface area contributed by atoms with Gasteiger partial charge < -0.3 is 14.2 Å². The number of nitrogens with zero attached hydrogens (tertiary/aromatic N) is 4. The van der Waals surface area contributed by atoms with Gasteiger partial charge in [0.1, 0.15) is 5.82 Å². The van der Waals surface area contributed by atoms with Gasteiger partial charge in [0.15, 0.2) is 17.5 Å². The van der Waals surface area contributed by atoms with E-state index in [9.17, 15) is 14.0 Å². The highest BCUT2D eigenvalue weighted by Crippen LogP contribution is 2.33. The summed E-state index contributed by atoms with van der Waals surface area (Å²) in [7, 11) is 0. The van der Waals surface area contributed by atoms with E-state index in [2.05, 4.69) is 17.0 Å². The van der Waals surface area contributed by atoms with Crippen molar-refractivity contribution in [3.05, 3.63) is 57.1 Å². The molecule has 0 radical (unpaired) electrons. The summed E-state index contributed by atoms with van der Waals surface area (Å²) < 4.78 is 59.9. The van der Waals surface area contributed by atoms with Gasteiger partial charge in [-0.3, -0.25) is 14.2 Å². The molecular formula is C39H57FN4O4. The van der Waals surface area contributed by atoms with Gasteiger partial charge in [0.2, 0.25) is 0 Å². The number of ether oxygens (including phenoxy) is 1. The Morgan fingerprint density at radius 1 is 1.00 bits per heavy atom. The first-order valence-electron chi connectivity index (χ1n) is 20.5. The van der Waals surface area contributed by atoms with Gasteiger partial charge in [-0.05, 0) is 70.7 Å². The molecule has 4 heterocycles. The lowest BCUT2D eigenvalue weighted by atomic mass is 9.91. The third-order valence-electron chi connectivity index (χ3n) is 9.99. The summed E-state index contributed by atoms with van der Waals surface area (Å²) >= 11 is 0. The van der Waals surface area contributed by atoms with Gasteiger partial charge in [0.25, 0.3) is 5.56 Å². The number of rotatable bonds is 19. The Kier molecular flexibility index (Phi) is 12.0. The Labute approximate surface area is 291 Å². The first kappa shape index (κ1) is 30.9. The van der Waals surface area contributed by atoms with Gasteiger partial charge in [-0.2, -0.15) is 0 Å². The summed E-state index contributed by atoms with van der Waals surface area (Å²) in [5.74, 6) is 0.0501. The summed E-state index contributed by atoms with van der Waals surface area (Å²) in [4.78, 5) is 33.7. The Balaban J connectivity index is 1.05. The van der Waals surface area contributed by atoms with Crippen LogP contribution in [0.15, 0.2) is 27.5 Å². The molecule has 8 nitrogen and oxygen atoms in total. The molecule has 264 valence electrons. The molecule has 0 saturated carbocycles. The molecule has 0 N–H and O–H groups in total. The maximum Gasteiger partial charge on any atom is 0.306 e. The van der Waals surface area contributed by atoms with Crippen molar-refractivity contribution in [1.29, 1.82) is 0 Å². The molecule has 2 aromatic heterocycles. The molecule has 0 bridgehead atoms. The van der Waals surface area contributed by atoms with E-state index in [-0.39, 0.29) is 42.5 Å². The molecule has 0 amide bonds. The van der Waals surface area contributed by atoms with Gasteiger partial charge in [0, 0.05) is 53.6 Å². The Morgan fingerprint density at radius 2 is 1.71 bits per heavy atom. The predicted molar refractivity (Wildman–Crippen MR) is 188 cm³/mol. The number of benzene rings is 1. The highest BCUT2D eigenvalue weighted by Gasteiger charge is 2.29. The zero-order valence-electron chi connectivity index (χ0n) is 33.0. The van der Waals surface area contributed by atoms with E-state index in [0.717, 1.165) is 69.2 Å². The molecular weight excluding hydrogens is 607 g/mol. The highest BCUT2D eigenvalue weighted by molar-refractivity contribution is 5.79. The first-order valence-corrected chi connectivity index (χ1v) is 18.5. The highest BCUT2D eigenvalue weighted by atomic mass is 19.1. The maximum atomic E-state index is 13.7. The third kappa shape index (κ3) is 9.99. The number of fused-ring (bicyclic) bond motifs is 2. The van der Waals surface area contributed by atoms with E-state index in [1.165, 1.54) is 18.6 Å². The first-order chi connectivity index (χ1) is 24.9. The van der Waals surface area contributed by atoms with Crippen LogP contribution in [-0.4, -0.2) is 45.2 Å². The number of unbranched alkanes of at least 4 members (excludes halogenated alkanes) is 7. The van der Waals surface area contributed by atoms with E-state index in [1.54, 1.807) is 10.6 Å². The molecule has 2 aliphatic heterocycles. The number of esters is 1. The van der Waals surface area contributed by atoms with Crippen LogP contribution in [0.5, 0.6) is 0 Å². The topological polar surface area (TPSA) is 90.5 Å². The van der Waals surface area contributed by atoms with Crippen molar-refractivity contribution in [3.8, 4) is 0 Å². The van der Waals surface area contributed by atoms with E-state index >= 15 is 0 Å². The van der Waals surface area contributed by atoms with Gasteiger partial charge in [-0.15, -0.1) is 0 Å². The van der Waals surface area contributed by atoms with Crippen LogP contribution in [0.3, 0.4) is 0 Å². The Hall–Kier alpha value is -3.07. The molecule has 1 fully saturated rings. The monoisotopic (exact) mass is 668 g/mol. The minimum Gasteiger partial charge on any atom is -0.454 e. The summed E-state index contributed by atoms with van der Waals surface area (Å²) in [5, 5.41) is 5.12. The van der Waals surface area contributed by atoms with E-state index in [4.69, 9.17) is 19.7 Å². The number of aromatic nitrogens is 3. The Morgan fingerprint density at radius 3 is 2.46 bits per heavy atom. The lowest BCUT2D eigenvalue weighted by molar-refractivity contribution is -0.151. The fraction of sp³-hybridized carbons (Fsp3) is 0.692. The van der Waals surface area contributed by atoms with Crippen LogP contribution >= 0.6 is 0 Å². The standard InChI is InChI=1S/C39H57FN4O4/c1-3-4-5-6-7-8-9-10-11-12-13-14-15-18-36(45)47-34-17-16-24-44-38(34)41-29(2)32(39(44)46)23-27-43-25-21-30(22-26-43)37-33-20-19-31(40)28-35(33)48-42-37/h19-20,28,30,34H,3-18,21-27H2,1-2H3/i10D2,11D2. The second kappa shape index (κ2) is 18.6. The second-order valence-electron chi connectivity index (χ2n) is 13.6. The summed E-state index contributed by atoms with van der Waals surface area (Å²) in [6.45, 7) is 7.01. The predicted octanol–water partition coefficient (Wildman–Crippen LogP) is 9.11. The zero-order chi connectivity index (χ0) is 37.3. The van der Waals surface area contributed by atoms with Crippen molar-refractivity contribution in [3.63, 3.8) is 0 Å². The van der Waals surface area contributed by atoms with Crippen molar-refractivity contribution in [2.45, 2.75) is 154 Å². The molecule has 48 heavy (non-hydrogen) atoms. The molecule has 0 spiro atoms. The van der Waals surface area contributed by atoms with E-state index < -0.39 is 18.8 Å². The van der Waals surface area contributed by atoms with Gasteiger partial charge in [0.05, 0.1) is 5.69 Å². The minimum absolute atomic E-state index is 0.0648. The van der Waals surface area contributed by atoms with Crippen LogP contribution in [0, 0.1) is 12.7 Å². The van der Waals surface area contributed by atoms with Crippen LogP contribution in [0.25, 0.3) is 11.0 Å².